The van der Waals surface area contributed by atoms with Crippen LogP contribution in [0.1, 0.15) is 149 Å². The first-order valence-electron chi connectivity index (χ1n) is 28.2. The van der Waals surface area contributed by atoms with Gasteiger partial charge < -0.3 is 14.7 Å². The second-order valence-electron chi connectivity index (χ2n) is 27.5. The van der Waals surface area contributed by atoms with Crippen molar-refractivity contribution in [2.75, 3.05) is 14.7 Å². The van der Waals surface area contributed by atoms with Gasteiger partial charge in [-0.1, -0.05) is 162 Å². The Kier molecular flexibility index (Phi) is 10.1. The summed E-state index contributed by atoms with van der Waals surface area (Å²) < 4.78 is 1.41. The van der Waals surface area contributed by atoms with Crippen LogP contribution < -0.4 is 31.1 Å². The summed E-state index contributed by atoms with van der Waals surface area (Å²) in [5, 5.41) is 5.31. The van der Waals surface area contributed by atoms with Crippen LogP contribution in [0.3, 0.4) is 0 Å². The molecule has 1 aromatic heterocycles. The van der Waals surface area contributed by atoms with Crippen LogP contribution in [0.25, 0.3) is 20.9 Å². The zero-order chi connectivity index (χ0) is 52.6. The lowest BCUT2D eigenvalue weighted by molar-refractivity contribution is 0.332. The first kappa shape index (κ1) is 47.9. The van der Waals surface area contributed by atoms with Crippen molar-refractivity contribution in [3.05, 3.63) is 191 Å². The second-order valence-corrected chi connectivity index (χ2v) is 28.6. The molecule has 380 valence electrons. The van der Waals surface area contributed by atoms with Gasteiger partial charge in [0.2, 0.25) is 0 Å². The summed E-state index contributed by atoms with van der Waals surface area (Å²) in [5.74, 6) is 0. The smallest absolute Gasteiger partial charge is 0.254 e. The van der Waals surface area contributed by atoms with Gasteiger partial charge in [0.1, 0.15) is 0 Å². The molecular formula is C71H72BN3S. The summed E-state index contributed by atoms with van der Waals surface area (Å²) in [7, 11) is 0. The number of para-hydroxylation sites is 2. The fourth-order valence-corrected chi connectivity index (χ4v) is 16.2. The zero-order valence-electron chi connectivity index (χ0n) is 46.9. The normalized spacial score (nSPS) is 20.6. The molecule has 0 spiro atoms. The molecule has 0 N–H and O–H groups in total. The minimum atomic E-state index is -0.0806. The largest absolute Gasteiger partial charge is 0.311 e. The van der Waals surface area contributed by atoms with Crippen LogP contribution in [0.5, 0.6) is 0 Å². The van der Waals surface area contributed by atoms with E-state index in [1.54, 1.807) is 11.1 Å². The van der Waals surface area contributed by atoms with Gasteiger partial charge in [0.15, 0.2) is 0 Å². The van der Waals surface area contributed by atoms with Gasteiger partial charge in [0.05, 0.1) is 10.7 Å². The third-order valence-corrected chi connectivity index (χ3v) is 20.4. The number of fused-ring (bicyclic) bond motifs is 13. The van der Waals surface area contributed by atoms with Crippen LogP contribution in [0, 0.1) is 0 Å². The molecule has 2 aliphatic heterocycles. The summed E-state index contributed by atoms with van der Waals surface area (Å²) in [6, 6.07) is 61.9. The molecule has 76 heavy (non-hydrogen) atoms. The molecule has 8 aromatic carbocycles. The summed E-state index contributed by atoms with van der Waals surface area (Å²) in [4.78, 5) is 7.92. The van der Waals surface area contributed by atoms with E-state index in [0.29, 0.717) is 0 Å². The summed E-state index contributed by atoms with van der Waals surface area (Å²) in [6.45, 7) is 29.2. The summed E-state index contributed by atoms with van der Waals surface area (Å²) in [6.07, 6.45) is 6.11. The van der Waals surface area contributed by atoms with Crippen LogP contribution in [0.15, 0.2) is 158 Å². The molecule has 5 aliphatic rings. The topological polar surface area (TPSA) is 9.72 Å². The maximum Gasteiger partial charge on any atom is 0.254 e. The van der Waals surface area contributed by atoms with Crippen molar-refractivity contribution in [1.82, 2.24) is 0 Å². The molecule has 2 atom stereocenters. The Morgan fingerprint density at radius 3 is 1.62 bits per heavy atom. The van der Waals surface area contributed by atoms with E-state index in [9.17, 15) is 0 Å². The summed E-state index contributed by atoms with van der Waals surface area (Å²) >= 11 is 2.03. The van der Waals surface area contributed by atoms with Gasteiger partial charge in [-0.15, -0.1) is 11.3 Å². The molecule has 2 bridgehead atoms. The van der Waals surface area contributed by atoms with Gasteiger partial charge >= 0.3 is 0 Å². The van der Waals surface area contributed by atoms with E-state index in [4.69, 9.17) is 0 Å². The van der Waals surface area contributed by atoms with Crippen LogP contribution in [-0.4, -0.2) is 6.71 Å². The van der Waals surface area contributed by atoms with Crippen LogP contribution in [-0.2, 0) is 32.5 Å². The standard InChI is InChI=1S/C71H72BN3S/c1-66(2,3)46-35-47(67(4,5)6)37-51(36-46)74-59-34-45-22-20-19-21-44(45)33-58(59)72-63-53-41-56-57(71(12)32-31-70(56,11)43-71)42-62(53)76-65(63)75(50-27-28-54-55(38-50)69(9,10)30-29-68(54,7)8)61-40-52(39-60(74)64(61)72)73(48-23-15-13-16-24-48)49-25-17-14-18-26-49/h13-28,33-42H,29-32,43H2,1-12H3. The fourth-order valence-electron chi connectivity index (χ4n) is 14.9. The molecular weight excluding hydrogens is 938 g/mol. The predicted octanol–water partition coefficient (Wildman–Crippen LogP) is 18.3. The van der Waals surface area contributed by atoms with Gasteiger partial charge in [0, 0.05) is 44.5 Å². The molecule has 5 heteroatoms. The summed E-state index contributed by atoms with van der Waals surface area (Å²) in [5.41, 5.74) is 23.0. The highest BCUT2D eigenvalue weighted by Gasteiger charge is 2.54. The molecule has 0 radical (unpaired) electrons. The highest BCUT2D eigenvalue weighted by molar-refractivity contribution is 7.26. The number of benzene rings is 8. The maximum absolute atomic E-state index is 2.74. The highest BCUT2D eigenvalue weighted by atomic mass is 32.1. The zero-order valence-corrected chi connectivity index (χ0v) is 47.7. The van der Waals surface area contributed by atoms with Crippen molar-refractivity contribution >= 4 is 106 Å². The van der Waals surface area contributed by atoms with E-state index < -0.39 is 0 Å². The Labute approximate surface area is 456 Å². The third-order valence-electron chi connectivity index (χ3n) is 19.3. The Hall–Kier alpha value is -6.56. The number of hydrogen-bond donors (Lipinski definition) is 0. The lowest BCUT2D eigenvalue weighted by Crippen LogP contribution is -2.61. The molecule has 3 heterocycles. The van der Waals surface area contributed by atoms with Gasteiger partial charge in [-0.2, -0.15) is 0 Å². The molecule has 3 nitrogen and oxygen atoms in total. The molecule has 0 saturated heterocycles. The number of nitrogens with zero attached hydrogens (tertiary/aromatic N) is 3. The molecule has 9 aromatic rings. The monoisotopic (exact) mass is 1010 g/mol. The molecule has 3 aliphatic carbocycles. The molecule has 2 unspecified atom stereocenters. The Morgan fingerprint density at radius 1 is 0.461 bits per heavy atom. The van der Waals surface area contributed by atoms with Crippen molar-refractivity contribution in [3.8, 4) is 0 Å². The van der Waals surface area contributed by atoms with Crippen molar-refractivity contribution in [3.63, 3.8) is 0 Å². The molecule has 0 amide bonds. The Balaban J connectivity index is 1.16. The minimum Gasteiger partial charge on any atom is -0.311 e. The van der Waals surface area contributed by atoms with Crippen molar-refractivity contribution < 1.29 is 0 Å². The van der Waals surface area contributed by atoms with Crippen molar-refractivity contribution in [1.29, 1.82) is 0 Å². The predicted molar refractivity (Wildman–Crippen MR) is 329 cm³/mol. The van der Waals surface area contributed by atoms with Gasteiger partial charge in [-0.05, 0) is 209 Å². The molecule has 14 rings (SSSR count). The highest BCUT2D eigenvalue weighted by Crippen LogP contribution is 2.62. The third kappa shape index (κ3) is 7.05. The van der Waals surface area contributed by atoms with Gasteiger partial charge in [-0.25, -0.2) is 0 Å². The lowest BCUT2D eigenvalue weighted by Gasteiger charge is -2.45. The average molecular weight is 1010 g/mol. The number of rotatable bonds is 5. The lowest BCUT2D eigenvalue weighted by atomic mass is 9.33. The number of anilines is 9. The first-order chi connectivity index (χ1) is 36.1. The van der Waals surface area contributed by atoms with Crippen molar-refractivity contribution in [2.45, 2.75) is 148 Å². The molecule has 1 saturated carbocycles. The van der Waals surface area contributed by atoms with Crippen molar-refractivity contribution in [2.24, 2.45) is 0 Å². The van der Waals surface area contributed by atoms with Crippen LogP contribution >= 0.6 is 11.3 Å². The SMILES string of the molecule is CC(C)(C)c1cc(N2c3cc4ccccc4cc3B3c4c2cc(N(c2ccccc2)c2ccccc2)cc4N(c2ccc4c(c2)C(C)(C)CCC4(C)C)c2sc4cc5c(cc4c23)C2(C)CCC5(C)C2)cc(C(C)(C)C)c1. The maximum atomic E-state index is 2.74. The fraction of sp³-hybridized carbons (Fsp3) is 0.324. The van der Waals surface area contributed by atoms with Crippen LogP contribution in [0.4, 0.5) is 50.5 Å². The molecule has 1 fully saturated rings. The quantitative estimate of drug-likeness (QED) is 0.159. The average Bonchev–Trinajstić information content (AvgIpc) is 3.74. The van der Waals surface area contributed by atoms with E-state index in [-0.39, 0.29) is 39.2 Å². The van der Waals surface area contributed by atoms with Gasteiger partial charge in [0.25, 0.3) is 6.71 Å². The van der Waals surface area contributed by atoms with E-state index in [1.165, 1.54) is 119 Å². The number of thiophene rings is 1. The second kappa shape index (κ2) is 16.0. The van der Waals surface area contributed by atoms with Gasteiger partial charge in [-0.3, -0.25) is 0 Å². The van der Waals surface area contributed by atoms with E-state index in [1.807, 2.05) is 11.3 Å². The van der Waals surface area contributed by atoms with Crippen LogP contribution in [0.2, 0.25) is 0 Å². The Bertz CT molecular complexity index is 3820. The number of hydrogen-bond acceptors (Lipinski definition) is 4. The van der Waals surface area contributed by atoms with E-state index >= 15 is 0 Å². The minimum absolute atomic E-state index is 0.0299. The first-order valence-corrected chi connectivity index (χ1v) is 29.1. The van der Waals surface area contributed by atoms with E-state index in [2.05, 4.69) is 256 Å². The Morgan fingerprint density at radius 2 is 1.01 bits per heavy atom. The van der Waals surface area contributed by atoms with E-state index in [0.717, 1.165) is 23.5 Å².